The van der Waals surface area contributed by atoms with Gasteiger partial charge in [0, 0.05) is 38.1 Å². The fourth-order valence-electron chi connectivity index (χ4n) is 3.40. The number of hydrogen-bond acceptors (Lipinski definition) is 4. The number of aromatic nitrogens is 2. The standard InChI is InChI=1S/C15H24N4O2/c1-11(2)17-15(14(20)21,12-3-4-12)10-18-7-8-19-6-5-16-13(19)9-18/h5-6,11-12,17H,3-4,7-10H2,1-2H3,(H,20,21). The Morgan fingerprint density at radius 3 is 2.90 bits per heavy atom. The second-order valence-electron chi connectivity index (χ2n) is 6.60. The van der Waals surface area contributed by atoms with Gasteiger partial charge in [-0.05, 0) is 32.6 Å². The fourth-order valence-corrected chi connectivity index (χ4v) is 3.40. The SMILES string of the molecule is CC(C)NC(CN1CCn2ccnc2C1)(C(=O)O)C1CC1. The van der Waals surface area contributed by atoms with Crippen LogP contribution in [-0.2, 0) is 17.9 Å². The van der Waals surface area contributed by atoms with Crippen molar-refractivity contribution in [3.8, 4) is 0 Å². The first kappa shape index (κ1) is 14.5. The molecular weight excluding hydrogens is 268 g/mol. The van der Waals surface area contributed by atoms with Crippen molar-refractivity contribution >= 4 is 5.97 Å². The molecule has 1 saturated carbocycles. The lowest BCUT2D eigenvalue weighted by Gasteiger charge is -2.39. The summed E-state index contributed by atoms with van der Waals surface area (Å²) in [6.45, 7) is 7.08. The molecule has 1 aromatic rings. The molecule has 6 heteroatoms. The number of nitrogens with zero attached hydrogens (tertiary/aromatic N) is 3. The summed E-state index contributed by atoms with van der Waals surface area (Å²) in [4.78, 5) is 18.6. The van der Waals surface area contributed by atoms with Gasteiger partial charge in [0.25, 0.3) is 0 Å². The van der Waals surface area contributed by atoms with Crippen LogP contribution < -0.4 is 5.32 Å². The minimum Gasteiger partial charge on any atom is -0.480 e. The Hall–Kier alpha value is -1.40. The van der Waals surface area contributed by atoms with Crippen molar-refractivity contribution in [2.24, 2.45) is 5.92 Å². The minimum absolute atomic E-state index is 0.161. The van der Waals surface area contributed by atoms with Gasteiger partial charge in [0.15, 0.2) is 0 Å². The lowest BCUT2D eigenvalue weighted by Crippen LogP contribution is -2.63. The molecule has 6 nitrogen and oxygen atoms in total. The van der Waals surface area contributed by atoms with E-state index in [0.29, 0.717) is 6.54 Å². The van der Waals surface area contributed by atoms with E-state index in [2.05, 4.69) is 19.8 Å². The Bertz CT molecular complexity index is 523. The summed E-state index contributed by atoms with van der Waals surface area (Å²) >= 11 is 0. The van der Waals surface area contributed by atoms with E-state index in [1.165, 1.54) is 0 Å². The summed E-state index contributed by atoms with van der Waals surface area (Å²) in [5.41, 5.74) is -0.817. The molecule has 0 bridgehead atoms. The smallest absolute Gasteiger partial charge is 0.325 e. The molecule has 2 heterocycles. The highest BCUT2D eigenvalue weighted by molar-refractivity contribution is 5.80. The maximum atomic E-state index is 12.0. The van der Waals surface area contributed by atoms with Gasteiger partial charge in [-0.3, -0.25) is 15.0 Å². The van der Waals surface area contributed by atoms with E-state index in [1.807, 2.05) is 26.2 Å². The number of carboxylic acid groups (broad SMARTS) is 1. The van der Waals surface area contributed by atoms with E-state index < -0.39 is 11.5 Å². The molecule has 2 aliphatic rings. The maximum Gasteiger partial charge on any atom is 0.325 e. The number of rotatable bonds is 6. The zero-order valence-corrected chi connectivity index (χ0v) is 12.7. The first-order valence-electron chi connectivity index (χ1n) is 7.75. The lowest BCUT2D eigenvalue weighted by molar-refractivity contribution is -0.147. The average Bonchev–Trinajstić information content (AvgIpc) is 3.16. The van der Waals surface area contributed by atoms with E-state index in [1.54, 1.807) is 0 Å². The molecule has 1 atom stereocenters. The third-order valence-electron chi connectivity index (χ3n) is 4.50. The molecule has 1 aromatic heterocycles. The molecular formula is C15H24N4O2. The van der Waals surface area contributed by atoms with Crippen LogP contribution in [0.15, 0.2) is 12.4 Å². The van der Waals surface area contributed by atoms with Gasteiger partial charge in [0.2, 0.25) is 0 Å². The first-order chi connectivity index (χ1) is 10.0. The van der Waals surface area contributed by atoms with Crippen LogP contribution in [0.1, 0.15) is 32.5 Å². The quantitative estimate of drug-likeness (QED) is 0.816. The Kier molecular flexibility index (Phi) is 3.75. The minimum atomic E-state index is -0.817. The van der Waals surface area contributed by atoms with Crippen molar-refractivity contribution in [2.45, 2.75) is 51.4 Å². The molecule has 3 rings (SSSR count). The van der Waals surface area contributed by atoms with Crippen LogP contribution in [0.2, 0.25) is 0 Å². The maximum absolute atomic E-state index is 12.0. The highest BCUT2D eigenvalue weighted by atomic mass is 16.4. The van der Waals surface area contributed by atoms with Crippen molar-refractivity contribution < 1.29 is 9.90 Å². The Morgan fingerprint density at radius 2 is 2.29 bits per heavy atom. The summed E-state index contributed by atoms with van der Waals surface area (Å²) in [5.74, 6) is 0.563. The molecule has 1 unspecified atom stereocenters. The average molecular weight is 292 g/mol. The Labute approximate surface area is 125 Å². The topological polar surface area (TPSA) is 70.4 Å². The van der Waals surface area contributed by atoms with Gasteiger partial charge in [-0.1, -0.05) is 0 Å². The summed E-state index contributed by atoms with van der Waals surface area (Å²) < 4.78 is 2.14. The zero-order chi connectivity index (χ0) is 15.0. The number of hydrogen-bond donors (Lipinski definition) is 2. The zero-order valence-electron chi connectivity index (χ0n) is 12.7. The fraction of sp³-hybridized carbons (Fsp3) is 0.733. The summed E-state index contributed by atoms with van der Waals surface area (Å²) in [5, 5.41) is 13.2. The highest BCUT2D eigenvalue weighted by Crippen LogP contribution is 2.41. The second kappa shape index (κ2) is 5.42. The molecule has 0 amide bonds. The Morgan fingerprint density at radius 1 is 1.52 bits per heavy atom. The lowest BCUT2D eigenvalue weighted by atomic mass is 9.91. The number of carboxylic acids is 1. The predicted octanol–water partition coefficient (Wildman–Crippen LogP) is 0.930. The van der Waals surface area contributed by atoms with Crippen LogP contribution in [0.25, 0.3) is 0 Å². The van der Waals surface area contributed by atoms with Crippen LogP contribution in [-0.4, -0.2) is 50.2 Å². The molecule has 1 fully saturated rings. The normalized spacial score (nSPS) is 22.0. The number of fused-ring (bicyclic) bond motifs is 1. The van der Waals surface area contributed by atoms with Gasteiger partial charge in [-0.2, -0.15) is 0 Å². The molecule has 2 N–H and O–H groups in total. The van der Waals surface area contributed by atoms with Crippen LogP contribution in [0.5, 0.6) is 0 Å². The predicted molar refractivity (Wildman–Crippen MR) is 78.9 cm³/mol. The molecule has 1 aliphatic heterocycles. The third-order valence-corrected chi connectivity index (χ3v) is 4.50. The van der Waals surface area contributed by atoms with Gasteiger partial charge in [-0.15, -0.1) is 0 Å². The van der Waals surface area contributed by atoms with Gasteiger partial charge in [-0.25, -0.2) is 4.98 Å². The van der Waals surface area contributed by atoms with E-state index >= 15 is 0 Å². The molecule has 0 aromatic carbocycles. The molecule has 0 saturated heterocycles. The van der Waals surface area contributed by atoms with Crippen LogP contribution in [0, 0.1) is 5.92 Å². The van der Waals surface area contributed by atoms with Gasteiger partial charge in [0.05, 0.1) is 6.54 Å². The summed E-state index contributed by atoms with van der Waals surface area (Å²) in [6.07, 6.45) is 5.82. The number of aliphatic carboxylic acids is 1. The number of carbonyl (C=O) groups is 1. The van der Waals surface area contributed by atoms with Crippen molar-refractivity contribution in [2.75, 3.05) is 13.1 Å². The van der Waals surface area contributed by atoms with E-state index in [4.69, 9.17) is 0 Å². The van der Waals surface area contributed by atoms with E-state index in [0.717, 1.165) is 38.3 Å². The summed E-state index contributed by atoms with van der Waals surface area (Å²) in [7, 11) is 0. The van der Waals surface area contributed by atoms with Crippen molar-refractivity contribution in [3.05, 3.63) is 18.2 Å². The van der Waals surface area contributed by atoms with Gasteiger partial charge in [0.1, 0.15) is 11.4 Å². The largest absolute Gasteiger partial charge is 0.480 e. The van der Waals surface area contributed by atoms with Crippen LogP contribution in [0.3, 0.4) is 0 Å². The third kappa shape index (κ3) is 2.82. The highest BCUT2D eigenvalue weighted by Gasteiger charge is 2.52. The van der Waals surface area contributed by atoms with Crippen molar-refractivity contribution in [3.63, 3.8) is 0 Å². The van der Waals surface area contributed by atoms with Crippen molar-refractivity contribution in [1.29, 1.82) is 0 Å². The van der Waals surface area contributed by atoms with Crippen molar-refractivity contribution in [1.82, 2.24) is 19.8 Å². The van der Waals surface area contributed by atoms with Gasteiger partial charge < -0.3 is 9.67 Å². The van der Waals surface area contributed by atoms with Crippen LogP contribution >= 0.6 is 0 Å². The van der Waals surface area contributed by atoms with Gasteiger partial charge >= 0.3 is 5.97 Å². The number of imidazole rings is 1. The molecule has 0 radical (unpaired) electrons. The molecule has 0 spiro atoms. The molecule has 116 valence electrons. The monoisotopic (exact) mass is 292 g/mol. The van der Waals surface area contributed by atoms with E-state index in [-0.39, 0.29) is 12.0 Å². The Balaban J connectivity index is 1.77. The molecule has 21 heavy (non-hydrogen) atoms. The first-order valence-corrected chi connectivity index (χ1v) is 7.75. The van der Waals surface area contributed by atoms with Crippen LogP contribution in [0.4, 0.5) is 0 Å². The summed E-state index contributed by atoms with van der Waals surface area (Å²) in [6, 6.07) is 0.161. The number of nitrogens with one attached hydrogen (secondary N) is 1. The van der Waals surface area contributed by atoms with E-state index in [9.17, 15) is 9.90 Å². The molecule has 1 aliphatic carbocycles. The second-order valence-corrected chi connectivity index (χ2v) is 6.60.